The highest BCUT2D eigenvalue weighted by molar-refractivity contribution is 7.88. The highest BCUT2D eigenvalue weighted by Crippen LogP contribution is 2.14. The van der Waals surface area contributed by atoms with E-state index >= 15 is 0 Å². The van der Waals surface area contributed by atoms with Crippen LogP contribution >= 0.6 is 0 Å². The lowest BCUT2D eigenvalue weighted by Crippen LogP contribution is -2.35. The van der Waals surface area contributed by atoms with Gasteiger partial charge in [0.2, 0.25) is 10.0 Å². The Hall–Kier alpha value is -1.51. The summed E-state index contributed by atoms with van der Waals surface area (Å²) in [6, 6.07) is 6.71. The van der Waals surface area contributed by atoms with Gasteiger partial charge in [-0.1, -0.05) is 25.1 Å². The van der Waals surface area contributed by atoms with Crippen LogP contribution in [-0.4, -0.2) is 14.5 Å². The third kappa shape index (κ3) is 4.40. The minimum atomic E-state index is -3.42. The van der Waals surface area contributed by atoms with Crippen molar-refractivity contribution in [2.24, 2.45) is 0 Å². The van der Waals surface area contributed by atoms with Crippen LogP contribution in [-0.2, 0) is 15.8 Å². The number of hydrogen-bond donors (Lipinski definition) is 2. The van der Waals surface area contributed by atoms with Crippen LogP contribution < -0.4 is 10.5 Å². The molecule has 0 saturated heterocycles. The molecule has 1 unspecified atom stereocenters. The van der Waals surface area contributed by atoms with E-state index < -0.39 is 10.0 Å². The van der Waals surface area contributed by atoms with Crippen molar-refractivity contribution in [3.63, 3.8) is 0 Å². The van der Waals surface area contributed by atoms with Crippen molar-refractivity contribution >= 4 is 15.7 Å². The van der Waals surface area contributed by atoms with Crippen LogP contribution in [0.1, 0.15) is 25.3 Å². The molecule has 3 N–H and O–H groups in total. The first-order chi connectivity index (χ1) is 8.48. The molecule has 98 valence electrons. The van der Waals surface area contributed by atoms with Gasteiger partial charge in [0.15, 0.2) is 0 Å². The zero-order chi connectivity index (χ0) is 13.6. The van der Waals surface area contributed by atoms with Gasteiger partial charge in [-0.15, -0.1) is 12.3 Å². The molecule has 0 spiro atoms. The number of sulfonamides is 1. The van der Waals surface area contributed by atoms with Crippen molar-refractivity contribution in [2.75, 3.05) is 5.73 Å². The van der Waals surface area contributed by atoms with Gasteiger partial charge in [-0.05, 0) is 18.1 Å². The van der Waals surface area contributed by atoms with Crippen LogP contribution in [0, 0.1) is 12.3 Å². The third-order valence-electron chi connectivity index (χ3n) is 2.60. The van der Waals surface area contributed by atoms with Gasteiger partial charge in [0.05, 0.1) is 5.75 Å². The number of nitrogens with two attached hydrogens (primary N) is 1. The number of anilines is 1. The molecule has 5 heteroatoms. The fraction of sp³-hybridized carbons (Fsp3) is 0.385. The maximum Gasteiger partial charge on any atom is 0.216 e. The molecular formula is C13H18N2O2S. The Morgan fingerprint density at radius 2 is 2.11 bits per heavy atom. The number of benzene rings is 1. The largest absolute Gasteiger partial charge is 0.398 e. The summed E-state index contributed by atoms with van der Waals surface area (Å²) in [7, 11) is -3.42. The first-order valence-electron chi connectivity index (χ1n) is 5.75. The molecule has 1 aromatic carbocycles. The second-order valence-electron chi connectivity index (χ2n) is 4.09. The zero-order valence-electron chi connectivity index (χ0n) is 10.4. The number of nitrogen functional groups attached to an aromatic ring is 1. The van der Waals surface area contributed by atoms with E-state index in [2.05, 4.69) is 10.6 Å². The van der Waals surface area contributed by atoms with E-state index in [1.165, 1.54) is 0 Å². The lowest BCUT2D eigenvalue weighted by molar-refractivity contribution is 0.543. The minimum absolute atomic E-state index is 0.124. The van der Waals surface area contributed by atoms with Crippen LogP contribution in [0.25, 0.3) is 0 Å². The van der Waals surface area contributed by atoms with Gasteiger partial charge >= 0.3 is 0 Å². The number of para-hydroxylation sites is 1. The van der Waals surface area contributed by atoms with E-state index in [1.807, 2.05) is 6.92 Å². The summed E-state index contributed by atoms with van der Waals surface area (Å²) in [5.74, 6) is 2.34. The van der Waals surface area contributed by atoms with Gasteiger partial charge in [0, 0.05) is 18.2 Å². The summed E-state index contributed by atoms with van der Waals surface area (Å²) in [6.07, 6.45) is 6.25. The fourth-order valence-corrected chi connectivity index (χ4v) is 3.09. The predicted molar refractivity (Wildman–Crippen MR) is 74.1 cm³/mol. The molecule has 0 fully saturated rings. The number of nitrogens with one attached hydrogen (secondary N) is 1. The molecule has 0 amide bonds. The molecule has 18 heavy (non-hydrogen) atoms. The monoisotopic (exact) mass is 266 g/mol. The SMILES string of the molecule is C#CCC(CC)NS(=O)(=O)Cc1ccccc1N. The average molecular weight is 266 g/mol. The maximum atomic E-state index is 12.0. The second kappa shape index (κ2) is 6.43. The number of rotatable bonds is 6. The highest BCUT2D eigenvalue weighted by Gasteiger charge is 2.17. The van der Waals surface area contributed by atoms with E-state index in [1.54, 1.807) is 24.3 Å². The van der Waals surface area contributed by atoms with Crippen molar-refractivity contribution in [3.8, 4) is 12.3 Å². The van der Waals surface area contributed by atoms with Crippen LogP contribution in [0.5, 0.6) is 0 Å². The molecule has 0 heterocycles. The maximum absolute atomic E-state index is 12.0. The van der Waals surface area contributed by atoms with Crippen molar-refractivity contribution in [1.29, 1.82) is 0 Å². The van der Waals surface area contributed by atoms with Crippen LogP contribution in [0.4, 0.5) is 5.69 Å². The molecule has 1 atom stereocenters. The first-order valence-corrected chi connectivity index (χ1v) is 7.40. The van der Waals surface area contributed by atoms with Gasteiger partial charge in [-0.25, -0.2) is 13.1 Å². The Morgan fingerprint density at radius 3 is 2.67 bits per heavy atom. The lowest BCUT2D eigenvalue weighted by Gasteiger charge is -2.15. The standard InChI is InChI=1S/C13H18N2O2S/c1-3-7-12(4-2)15-18(16,17)10-11-8-5-6-9-13(11)14/h1,5-6,8-9,12,15H,4,7,10,14H2,2H3. The number of hydrogen-bond acceptors (Lipinski definition) is 3. The predicted octanol–water partition coefficient (Wildman–Crippen LogP) is 1.49. The van der Waals surface area contributed by atoms with E-state index in [0.717, 1.165) is 0 Å². The molecule has 0 aliphatic rings. The zero-order valence-corrected chi connectivity index (χ0v) is 11.2. The Bertz CT molecular complexity index is 532. The number of terminal acetylenes is 1. The molecule has 0 saturated carbocycles. The van der Waals surface area contributed by atoms with Gasteiger partial charge in [0.1, 0.15) is 0 Å². The highest BCUT2D eigenvalue weighted by atomic mass is 32.2. The minimum Gasteiger partial charge on any atom is -0.398 e. The van der Waals surface area contributed by atoms with E-state index in [0.29, 0.717) is 24.1 Å². The first kappa shape index (κ1) is 14.6. The van der Waals surface area contributed by atoms with Gasteiger partial charge in [0.25, 0.3) is 0 Å². The molecule has 1 aromatic rings. The summed E-state index contributed by atoms with van der Waals surface area (Å²) in [5, 5.41) is 0. The Morgan fingerprint density at radius 1 is 1.44 bits per heavy atom. The Kier molecular flexibility index (Phi) is 5.20. The molecule has 0 aliphatic heterocycles. The van der Waals surface area contributed by atoms with E-state index in [-0.39, 0.29) is 11.8 Å². The topological polar surface area (TPSA) is 72.2 Å². The molecular weight excluding hydrogens is 248 g/mol. The summed E-state index contributed by atoms with van der Waals surface area (Å²) < 4.78 is 26.5. The quantitative estimate of drug-likeness (QED) is 0.605. The molecule has 1 rings (SSSR count). The van der Waals surface area contributed by atoms with Crippen molar-refractivity contribution in [2.45, 2.75) is 31.6 Å². The molecule has 0 aliphatic carbocycles. The van der Waals surface area contributed by atoms with Crippen LogP contribution in [0.3, 0.4) is 0 Å². The molecule has 0 radical (unpaired) electrons. The smallest absolute Gasteiger partial charge is 0.216 e. The second-order valence-corrected chi connectivity index (χ2v) is 5.84. The third-order valence-corrected chi connectivity index (χ3v) is 3.99. The molecule has 4 nitrogen and oxygen atoms in total. The van der Waals surface area contributed by atoms with Crippen LogP contribution in [0.2, 0.25) is 0 Å². The van der Waals surface area contributed by atoms with Gasteiger partial charge in [-0.2, -0.15) is 0 Å². The normalized spacial score (nSPS) is 12.9. The van der Waals surface area contributed by atoms with Crippen LogP contribution in [0.15, 0.2) is 24.3 Å². The average Bonchev–Trinajstić information content (AvgIpc) is 2.31. The Labute approximate surface area is 109 Å². The van der Waals surface area contributed by atoms with Gasteiger partial charge < -0.3 is 5.73 Å². The summed E-state index contributed by atoms with van der Waals surface area (Å²) >= 11 is 0. The van der Waals surface area contributed by atoms with Gasteiger partial charge in [-0.3, -0.25) is 0 Å². The summed E-state index contributed by atoms with van der Waals surface area (Å²) in [6.45, 7) is 1.89. The Balaban J connectivity index is 2.77. The molecule has 0 bridgehead atoms. The fourth-order valence-electron chi connectivity index (χ4n) is 1.58. The van der Waals surface area contributed by atoms with Crippen molar-refractivity contribution in [1.82, 2.24) is 4.72 Å². The van der Waals surface area contributed by atoms with E-state index in [4.69, 9.17) is 12.2 Å². The van der Waals surface area contributed by atoms with Crippen molar-refractivity contribution in [3.05, 3.63) is 29.8 Å². The molecule has 0 aromatic heterocycles. The van der Waals surface area contributed by atoms with Crippen molar-refractivity contribution < 1.29 is 8.42 Å². The van der Waals surface area contributed by atoms with E-state index in [9.17, 15) is 8.42 Å². The summed E-state index contributed by atoms with van der Waals surface area (Å²) in [4.78, 5) is 0. The summed E-state index contributed by atoms with van der Waals surface area (Å²) in [5.41, 5.74) is 6.80. The lowest BCUT2D eigenvalue weighted by atomic mass is 10.2.